The fourth-order valence-corrected chi connectivity index (χ4v) is 2.09. The molecule has 0 fully saturated rings. The predicted octanol–water partition coefficient (Wildman–Crippen LogP) is 2.43. The highest BCUT2D eigenvalue weighted by atomic mass is 16.5. The van der Waals surface area contributed by atoms with Crippen LogP contribution >= 0.6 is 0 Å². The van der Waals surface area contributed by atoms with Crippen molar-refractivity contribution in [2.75, 3.05) is 13.7 Å². The molecule has 0 aliphatic rings. The molecule has 4 heteroatoms. The Morgan fingerprint density at radius 1 is 1.35 bits per heavy atom. The molecule has 20 heavy (non-hydrogen) atoms. The lowest BCUT2D eigenvalue weighted by molar-refractivity contribution is -0.141. The standard InChI is InChI=1S/C16H25NO3/c1-3-4-12-17-14(10-11-15(18)20-2)16(19)13-8-6-5-7-9-13/h5-9,14,16-17,19H,3-4,10-12H2,1-2H3. The van der Waals surface area contributed by atoms with Crippen LogP contribution in [0.15, 0.2) is 30.3 Å². The van der Waals surface area contributed by atoms with Gasteiger partial charge in [-0.25, -0.2) is 0 Å². The molecule has 1 aromatic rings. The van der Waals surface area contributed by atoms with E-state index >= 15 is 0 Å². The van der Waals surface area contributed by atoms with Crippen LogP contribution in [0.2, 0.25) is 0 Å². The number of methoxy groups -OCH3 is 1. The van der Waals surface area contributed by atoms with Gasteiger partial charge in [-0.2, -0.15) is 0 Å². The van der Waals surface area contributed by atoms with Crippen molar-refractivity contribution in [1.82, 2.24) is 5.32 Å². The maximum absolute atomic E-state index is 11.3. The van der Waals surface area contributed by atoms with Crippen LogP contribution in [0.25, 0.3) is 0 Å². The number of esters is 1. The van der Waals surface area contributed by atoms with Gasteiger partial charge in [-0.15, -0.1) is 0 Å². The molecule has 0 aromatic heterocycles. The second-order valence-electron chi connectivity index (χ2n) is 4.88. The summed E-state index contributed by atoms with van der Waals surface area (Å²) in [5.74, 6) is -0.243. The third kappa shape index (κ3) is 5.72. The molecule has 0 aliphatic heterocycles. The summed E-state index contributed by atoms with van der Waals surface area (Å²) < 4.78 is 4.66. The van der Waals surface area contributed by atoms with E-state index in [9.17, 15) is 9.90 Å². The minimum atomic E-state index is -0.613. The van der Waals surface area contributed by atoms with Gasteiger partial charge in [0, 0.05) is 12.5 Å². The van der Waals surface area contributed by atoms with Crippen LogP contribution in [0.5, 0.6) is 0 Å². The summed E-state index contributed by atoms with van der Waals surface area (Å²) in [5, 5.41) is 13.8. The minimum Gasteiger partial charge on any atom is -0.469 e. The molecule has 0 radical (unpaired) electrons. The van der Waals surface area contributed by atoms with E-state index in [-0.39, 0.29) is 12.0 Å². The van der Waals surface area contributed by atoms with E-state index in [2.05, 4.69) is 17.0 Å². The number of ether oxygens (including phenoxy) is 1. The summed E-state index contributed by atoms with van der Waals surface area (Å²) in [5.41, 5.74) is 0.867. The van der Waals surface area contributed by atoms with Gasteiger partial charge in [-0.1, -0.05) is 43.7 Å². The van der Waals surface area contributed by atoms with Crippen molar-refractivity contribution in [3.05, 3.63) is 35.9 Å². The first-order chi connectivity index (χ1) is 9.69. The first-order valence-corrected chi connectivity index (χ1v) is 7.22. The zero-order valence-corrected chi connectivity index (χ0v) is 12.3. The fourth-order valence-electron chi connectivity index (χ4n) is 2.09. The van der Waals surface area contributed by atoms with Crippen molar-refractivity contribution >= 4 is 5.97 Å². The Labute approximate surface area is 121 Å². The molecule has 2 atom stereocenters. The average Bonchev–Trinajstić information content (AvgIpc) is 2.50. The topological polar surface area (TPSA) is 58.6 Å². The molecule has 4 nitrogen and oxygen atoms in total. The van der Waals surface area contributed by atoms with E-state index in [1.807, 2.05) is 30.3 Å². The number of carbonyl (C=O) groups is 1. The Bertz CT molecular complexity index is 381. The van der Waals surface area contributed by atoms with E-state index in [0.717, 1.165) is 24.9 Å². The number of hydrogen-bond acceptors (Lipinski definition) is 4. The summed E-state index contributed by atoms with van der Waals surface area (Å²) in [4.78, 5) is 11.3. The van der Waals surface area contributed by atoms with Gasteiger partial charge in [0.15, 0.2) is 0 Å². The Kier molecular flexibility index (Phi) is 7.92. The molecule has 0 heterocycles. The first-order valence-electron chi connectivity index (χ1n) is 7.22. The molecular formula is C16H25NO3. The monoisotopic (exact) mass is 279 g/mol. The summed E-state index contributed by atoms with van der Waals surface area (Å²) in [6.45, 7) is 2.96. The van der Waals surface area contributed by atoms with Crippen LogP contribution in [0.1, 0.15) is 44.3 Å². The lowest BCUT2D eigenvalue weighted by atomic mass is 9.98. The largest absolute Gasteiger partial charge is 0.469 e. The van der Waals surface area contributed by atoms with Crippen molar-refractivity contribution in [2.45, 2.75) is 44.8 Å². The molecule has 112 valence electrons. The summed E-state index contributed by atoms with van der Waals surface area (Å²) in [7, 11) is 1.38. The van der Waals surface area contributed by atoms with E-state index in [4.69, 9.17) is 0 Å². The highest BCUT2D eigenvalue weighted by Crippen LogP contribution is 2.20. The molecule has 0 saturated carbocycles. The molecule has 2 N–H and O–H groups in total. The molecule has 1 aromatic carbocycles. The van der Waals surface area contributed by atoms with Crippen molar-refractivity contribution in [1.29, 1.82) is 0 Å². The fraction of sp³-hybridized carbons (Fsp3) is 0.562. The Balaban J connectivity index is 2.62. The smallest absolute Gasteiger partial charge is 0.305 e. The third-order valence-corrected chi connectivity index (χ3v) is 3.35. The van der Waals surface area contributed by atoms with Crippen LogP contribution in [0, 0.1) is 0 Å². The Hall–Kier alpha value is -1.39. The van der Waals surface area contributed by atoms with Crippen LogP contribution in [-0.4, -0.2) is 30.8 Å². The SMILES string of the molecule is CCCCNC(CCC(=O)OC)C(O)c1ccccc1. The number of unbranched alkanes of at least 4 members (excludes halogenated alkanes) is 1. The maximum Gasteiger partial charge on any atom is 0.305 e. The van der Waals surface area contributed by atoms with E-state index in [1.165, 1.54) is 7.11 Å². The molecule has 0 amide bonds. The average molecular weight is 279 g/mol. The second kappa shape index (κ2) is 9.50. The van der Waals surface area contributed by atoms with Gasteiger partial charge in [0.25, 0.3) is 0 Å². The van der Waals surface area contributed by atoms with Gasteiger partial charge in [0.05, 0.1) is 13.2 Å². The summed E-state index contributed by atoms with van der Waals surface area (Å²) in [6, 6.07) is 9.39. The van der Waals surface area contributed by atoms with Crippen molar-refractivity contribution in [2.24, 2.45) is 0 Å². The lowest BCUT2D eigenvalue weighted by Crippen LogP contribution is -2.36. The lowest BCUT2D eigenvalue weighted by Gasteiger charge is -2.24. The molecule has 2 unspecified atom stereocenters. The molecule has 0 saturated heterocycles. The molecule has 0 spiro atoms. The minimum absolute atomic E-state index is 0.136. The van der Waals surface area contributed by atoms with Crippen LogP contribution < -0.4 is 5.32 Å². The molecule has 1 rings (SSSR count). The van der Waals surface area contributed by atoms with Gasteiger partial charge in [0.2, 0.25) is 0 Å². The van der Waals surface area contributed by atoms with Gasteiger partial charge >= 0.3 is 5.97 Å². The maximum atomic E-state index is 11.3. The van der Waals surface area contributed by atoms with Crippen molar-refractivity contribution in [3.63, 3.8) is 0 Å². The Morgan fingerprint density at radius 3 is 2.65 bits per heavy atom. The van der Waals surface area contributed by atoms with E-state index in [1.54, 1.807) is 0 Å². The third-order valence-electron chi connectivity index (χ3n) is 3.35. The quantitative estimate of drug-likeness (QED) is 0.538. The number of hydrogen-bond donors (Lipinski definition) is 2. The molecular weight excluding hydrogens is 254 g/mol. The molecule has 0 aliphatic carbocycles. The molecule has 0 bridgehead atoms. The number of carbonyl (C=O) groups excluding carboxylic acids is 1. The predicted molar refractivity (Wildman–Crippen MR) is 79.4 cm³/mol. The highest BCUT2D eigenvalue weighted by molar-refractivity contribution is 5.69. The Morgan fingerprint density at radius 2 is 2.05 bits per heavy atom. The first kappa shape index (κ1) is 16.7. The summed E-state index contributed by atoms with van der Waals surface area (Å²) in [6.07, 6.45) is 2.41. The normalized spacial score (nSPS) is 13.8. The van der Waals surface area contributed by atoms with E-state index < -0.39 is 6.10 Å². The zero-order chi connectivity index (χ0) is 14.8. The van der Waals surface area contributed by atoms with Crippen LogP contribution in [0.3, 0.4) is 0 Å². The zero-order valence-electron chi connectivity index (χ0n) is 12.3. The summed E-state index contributed by atoms with van der Waals surface area (Å²) >= 11 is 0. The van der Waals surface area contributed by atoms with Gasteiger partial charge in [-0.05, 0) is 24.9 Å². The number of aliphatic hydroxyl groups is 1. The highest BCUT2D eigenvalue weighted by Gasteiger charge is 2.21. The van der Waals surface area contributed by atoms with Crippen LogP contribution in [0.4, 0.5) is 0 Å². The van der Waals surface area contributed by atoms with Crippen molar-refractivity contribution < 1.29 is 14.6 Å². The van der Waals surface area contributed by atoms with Gasteiger partial charge in [-0.3, -0.25) is 4.79 Å². The van der Waals surface area contributed by atoms with Crippen molar-refractivity contribution in [3.8, 4) is 0 Å². The number of nitrogens with one attached hydrogen (secondary N) is 1. The number of aliphatic hydroxyl groups excluding tert-OH is 1. The number of benzene rings is 1. The van der Waals surface area contributed by atoms with Crippen LogP contribution in [-0.2, 0) is 9.53 Å². The van der Waals surface area contributed by atoms with Gasteiger partial charge in [0.1, 0.15) is 0 Å². The van der Waals surface area contributed by atoms with Gasteiger partial charge < -0.3 is 15.2 Å². The second-order valence-corrected chi connectivity index (χ2v) is 4.88. The van der Waals surface area contributed by atoms with E-state index in [0.29, 0.717) is 12.8 Å². The number of rotatable bonds is 9.